The maximum absolute atomic E-state index is 13.2. The normalized spacial score (nSPS) is 17.0. The molecule has 0 spiro atoms. The number of fused-ring (bicyclic) bond motifs is 4. The molecule has 1 unspecified atom stereocenters. The van der Waals surface area contributed by atoms with E-state index in [-0.39, 0.29) is 24.7 Å². The minimum absolute atomic E-state index is 0.0160. The molecule has 1 N–H and O–H groups in total. The van der Waals surface area contributed by atoms with Crippen molar-refractivity contribution in [2.75, 3.05) is 13.2 Å². The molecule has 194 valence electrons. The predicted molar refractivity (Wildman–Crippen MR) is 146 cm³/mol. The Morgan fingerprint density at radius 1 is 0.946 bits per heavy atom. The van der Waals surface area contributed by atoms with Gasteiger partial charge in [0.15, 0.2) is 0 Å². The summed E-state index contributed by atoms with van der Waals surface area (Å²) in [5.74, 6) is -0.0160. The van der Waals surface area contributed by atoms with Crippen LogP contribution >= 0.6 is 11.3 Å². The minimum atomic E-state index is -0.796. The van der Waals surface area contributed by atoms with Gasteiger partial charge in [0.25, 0.3) is 0 Å². The Hall–Kier alpha value is -3.32. The van der Waals surface area contributed by atoms with Gasteiger partial charge < -0.3 is 14.8 Å². The molecule has 7 heteroatoms. The average Bonchev–Trinajstić information content (AvgIpc) is 3.43. The summed E-state index contributed by atoms with van der Waals surface area (Å²) in [5.41, 5.74) is 4.35. The van der Waals surface area contributed by atoms with Crippen LogP contribution in [-0.4, -0.2) is 41.4 Å². The zero-order valence-electron chi connectivity index (χ0n) is 22.0. The SMILES string of the molecule is CC(C)(C)OC(=O)N1CCc2sccc2C1C(C)(C)NC(=O)OCC1c2ccccc2-c2ccccc21. The van der Waals surface area contributed by atoms with Gasteiger partial charge in [-0.3, -0.25) is 4.90 Å². The van der Waals surface area contributed by atoms with Crippen LogP contribution < -0.4 is 5.32 Å². The molecular weight excluding hydrogens is 484 g/mol. The number of nitrogens with one attached hydrogen (secondary N) is 1. The molecule has 2 aromatic carbocycles. The number of thiophene rings is 1. The number of alkyl carbamates (subject to hydrolysis) is 1. The second kappa shape index (κ2) is 9.53. The molecule has 1 aromatic heterocycles. The topological polar surface area (TPSA) is 67.9 Å². The number of rotatable bonds is 4. The van der Waals surface area contributed by atoms with Gasteiger partial charge in [0.1, 0.15) is 12.2 Å². The number of hydrogen-bond donors (Lipinski definition) is 1. The zero-order valence-corrected chi connectivity index (χ0v) is 22.9. The molecule has 0 radical (unpaired) electrons. The highest BCUT2D eigenvalue weighted by atomic mass is 32.1. The van der Waals surface area contributed by atoms with E-state index in [0.29, 0.717) is 6.54 Å². The van der Waals surface area contributed by atoms with Crippen molar-refractivity contribution in [2.45, 2.75) is 64.1 Å². The van der Waals surface area contributed by atoms with E-state index in [4.69, 9.17) is 9.47 Å². The standard InChI is InChI=1S/C30H34N2O4S/c1-29(2,3)36-28(34)32-16-14-25-23(15-17-37-25)26(32)30(4,5)31-27(33)35-18-24-21-12-8-6-10-19(21)20-11-7-9-13-22(20)24/h6-13,15,17,24,26H,14,16,18H2,1-5H3,(H,31,33). The first kappa shape index (κ1) is 25.3. The van der Waals surface area contributed by atoms with Crippen LogP contribution in [-0.2, 0) is 15.9 Å². The second-order valence-electron chi connectivity index (χ2n) is 11.3. The molecule has 2 amide bonds. The summed E-state index contributed by atoms with van der Waals surface area (Å²) < 4.78 is 11.6. The lowest BCUT2D eigenvalue weighted by atomic mass is 9.85. The van der Waals surface area contributed by atoms with Crippen molar-refractivity contribution in [1.82, 2.24) is 10.2 Å². The number of carbonyl (C=O) groups is 2. The van der Waals surface area contributed by atoms with Crippen LogP contribution in [0.25, 0.3) is 11.1 Å². The van der Waals surface area contributed by atoms with Crippen LogP contribution in [0.1, 0.15) is 68.1 Å². The smallest absolute Gasteiger partial charge is 0.410 e. The number of nitrogens with zero attached hydrogens (tertiary/aromatic N) is 1. The van der Waals surface area contributed by atoms with Crippen LogP contribution in [0.5, 0.6) is 0 Å². The maximum Gasteiger partial charge on any atom is 0.410 e. The summed E-state index contributed by atoms with van der Waals surface area (Å²) in [6.07, 6.45) is -0.112. The fraction of sp³-hybridized carbons (Fsp3) is 0.400. The van der Waals surface area contributed by atoms with Crippen LogP contribution in [0.4, 0.5) is 9.59 Å². The van der Waals surface area contributed by atoms with Gasteiger partial charge in [-0.05, 0) is 80.3 Å². The first-order valence-corrected chi connectivity index (χ1v) is 13.6. The van der Waals surface area contributed by atoms with Crippen LogP contribution in [0, 0.1) is 0 Å². The van der Waals surface area contributed by atoms with Crippen LogP contribution in [0.3, 0.4) is 0 Å². The fourth-order valence-electron chi connectivity index (χ4n) is 5.58. The molecule has 37 heavy (non-hydrogen) atoms. The molecule has 5 rings (SSSR count). The molecule has 3 aromatic rings. The van der Waals surface area contributed by atoms with E-state index in [1.807, 2.05) is 70.3 Å². The number of benzene rings is 2. The Labute approximate surface area is 222 Å². The highest BCUT2D eigenvalue weighted by Gasteiger charge is 2.44. The van der Waals surface area contributed by atoms with E-state index >= 15 is 0 Å². The largest absolute Gasteiger partial charge is 0.449 e. The van der Waals surface area contributed by atoms with E-state index in [1.165, 1.54) is 27.1 Å². The van der Waals surface area contributed by atoms with Gasteiger partial charge in [-0.15, -0.1) is 11.3 Å². The summed E-state index contributed by atoms with van der Waals surface area (Å²) >= 11 is 1.68. The molecule has 0 bridgehead atoms. The van der Waals surface area contributed by atoms with Gasteiger partial charge in [0.05, 0.1) is 11.6 Å². The summed E-state index contributed by atoms with van der Waals surface area (Å²) in [6.45, 7) is 10.2. The zero-order chi connectivity index (χ0) is 26.4. The fourth-order valence-corrected chi connectivity index (χ4v) is 6.48. The van der Waals surface area contributed by atoms with Crippen molar-refractivity contribution in [3.8, 4) is 11.1 Å². The van der Waals surface area contributed by atoms with Gasteiger partial charge >= 0.3 is 12.2 Å². The highest BCUT2D eigenvalue weighted by Crippen LogP contribution is 2.45. The highest BCUT2D eigenvalue weighted by molar-refractivity contribution is 7.10. The van der Waals surface area contributed by atoms with Crippen molar-refractivity contribution in [3.63, 3.8) is 0 Å². The van der Waals surface area contributed by atoms with Gasteiger partial charge in [-0.25, -0.2) is 9.59 Å². The maximum atomic E-state index is 13.2. The van der Waals surface area contributed by atoms with E-state index in [0.717, 1.165) is 12.0 Å². The number of hydrogen-bond acceptors (Lipinski definition) is 5. The van der Waals surface area contributed by atoms with E-state index in [1.54, 1.807) is 16.2 Å². The number of amides is 2. The third-order valence-electron chi connectivity index (χ3n) is 7.05. The van der Waals surface area contributed by atoms with E-state index < -0.39 is 17.2 Å². The molecular formula is C30H34N2O4S. The monoisotopic (exact) mass is 518 g/mol. The average molecular weight is 519 g/mol. The molecule has 1 atom stereocenters. The van der Waals surface area contributed by atoms with Crippen molar-refractivity contribution in [1.29, 1.82) is 0 Å². The lowest BCUT2D eigenvalue weighted by Gasteiger charge is -2.45. The Bertz CT molecular complexity index is 1280. The molecule has 0 fully saturated rings. The van der Waals surface area contributed by atoms with Gasteiger partial charge in [0.2, 0.25) is 0 Å². The van der Waals surface area contributed by atoms with Gasteiger partial charge in [-0.2, -0.15) is 0 Å². The number of ether oxygens (including phenoxy) is 2. The summed E-state index contributed by atoms with van der Waals surface area (Å²) in [4.78, 5) is 29.3. The summed E-state index contributed by atoms with van der Waals surface area (Å²) in [6, 6.07) is 18.2. The van der Waals surface area contributed by atoms with Gasteiger partial charge in [-0.1, -0.05) is 48.5 Å². The molecule has 1 aliphatic heterocycles. The predicted octanol–water partition coefficient (Wildman–Crippen LogP) is 6.90. The van der Waals surface area contributed by atoms with Crippen molar-refractivity contribution in [3.05, 3.63) is 81.5 Å². The second-order valence-corrected chi connectivity index (χ2v) is 12.3. The van der Waals surface area contributed by atoms with E-state index in [9.17, 15) is 9.59 Å². The van der Waals surface area contributed by atoms with Crippen LogP contribution in [0.15, 0.2) is 60.0 Å². The van der Waals surface area contributed by atoms with Crippen molar-refractivity contribution in [2.24, 2.45) is 0 Å². The molecule has 1 aliphatic carbocycles. The summed E-state index contributed by atoms with van der Waals surface area (Å²) in [7, 11) is 0. The quantitative estimate of drug-likeness (QED) is 0.408. The Kier molecular flexibility index (Phi) is 6.52. The minimum Gasteiger partial charge on any atom is -0.449 e. The molecule has 2 heterocycles. The third kappa shape index (κ3) is 4.97. The van der Waals surface area contributed by atoms with Crippen molar-refractivity contribution >= 4 is 23.5 Å². The first-order valence-electron chi connectivity index (χ1n) is 12.7. The molecule has 0 saturated heterocycles. The third-order valence-corrected chi connectivity index (χ3v) is 8.04. The Balaban J connectivity index is 1.33. The van der Waals surface area contributed by atoms with Gasteiger partial charge in [0, 0.05) is 17.3 Å². The lowest BCUT2D eigenvalue weighted by molar-refractivity contribution is 0.00275. The lowest BCUT2D eigenvalue weighted by Crippen LogP contribution is -2.57. The Morgan fingerprint density at radius 2 is 1.57 bits per heavy atom. The molecule has 6 nitrogen and oxygen atoms in total. The van der Waals surface area contributed by atoms with Crippen molar-refractivity contribution < 1.29 is 19.1 Å². The van der Waals surface area contributed by atoms with E-state index in [2.05, 4.69) is 29.6 Å². The van der Waals surface area contributed by atoms with Crippen LogP contribution in [0.2, 0.25) is 0 Å². The molecule has 0 saturated carbocycles. The summed E-state index contributed by atoms with van der Waals surface area (Å²) in [5, 5.41) is 5.11. The first-order chi connectivity index (χ1) is 17.5. The molecule has 2 aliphatic rings. The number of carbonyl (C=O) groups excluding carboxylic acids is 2. The Morgan fingerprint density at radius 3 is 2.19 bits per heavy atom.